The molecule has 0 bridgehead atoms. The molecule has 2 atom stereocenters. The maximum Gasteiger partial charge on any atom is 0.0346 e. The molecule has 1 aromatic heterocycles. The summed E-state index contributed by atoms with van der Waals surface area (Å²) in [6.07, 6.45) is 3.74. The molecule has 110 valence electrons. The Morgan fingerprint density at radius 3 is 2.86 bits per heavy atom. The quantitative estimate of drug-likeness (QED) is 0.937. The van der Waals surface area contributed by atoms with Gasteiger partial charge in [-0.05, 0) is 42.7 Å². The molecule has 0 radical (unpaired) electrons. The van der Waals surface area contributed by atoms with Crippen molar-refractivity contribution in [3.8, 4) is 11.1 Å². The Morgan fingerprint density at radius 1 is 1.19 bits per heavy atom. The first kappa shape index (κ1) is 14.2. The predicted octanol–water partition coefficient (Wildman–Crippen LogP) is 2.93. The second-order valence-corrected chi connectivity index (χ2v) is 6.03. The summed E-state index contributed by atoms with van der Waals surface area (Å²) < 4.78 is 0. The zero-order valence-corrected chi connectivity index (χ0v) is 12.8. The highest BCUT2D eigenvalue weighted by atomic mass is 15.2. The van der Waals surface area contributed by atoms with E-state index in [9.17, 15) is 0 Å². The highest BCUT2D eigenvalue weighted by Crippen LogP contribution is 2.21. The summed E-state index contributed by atoms with van der Waals surface area (Å²) in [4.78, 5) is 6.77. The molecule has 1 N–H and O–H groups in total. The molecule has 3 nitrogen and oxygen atoms in total. The van der Waals surface area contributed by atoms with Gasteiger partial charge in [0, 0.05) is 44.1 Å². The lowest BCUT2D eigenvalue weighted by Gasteiger charge is -2.37. The highest BCUT2D eigenvalue weighted by Gasteiger charge is 2.22. The Kier molecular flexibility index (Phi) is 4.32. The number of aromatic nitrogens is 1. The van der Waals surface area contributed by atoms with Gasteiger partial charge in [-0.1, -0.05) is 24.3 Å². The van der Waals surface area contributed by atoms with Gasteiger partial charge in [0.1, 0.15) is 0 Å². The van der Waals surface area contributed by atoms with Crippen molar-refractivity contribution < 1.29 is 0 Å². The van der Waals surface area contributed by atoms with Crippen LogP contribution in [0.5, 0.6) is 0 Å². The van der Waals surface area contributed by atoms with Crippen molar-refractivity contribution in [1.82, 2.24) is 15.2 Å². The molecule has 0 aliphatic carbocycles. The zero-order valence-electron chi connectivity index (χ0n) is 12.8. The maximum atomic E-state index is 4.21. The van der Waals surface area contributed by atoms with Crippen molar-refractivity contribution in [2.75, 3.05) is 13.1 Å². The molecule has 1 aromatic carbocycles. The lowest BCUT2D eigenvalue weighted by Crippen LogP contribution is -2.53. The minimum Gasteiger partial charge on any atom is -0.311 e. The van der Waals surface area contributed by atoms with E-state index in [4.69, 9.17) is 0 Å². The van der Waals surface area contributed by atoms with Gasteiger partial charge in [-0.2, -0.15) is 0 Å². The van der Waals surface area contributed by atoms with Crippen LogP contribution in [-0.4, -0.2) is 35.1 Å². The van der Waals surface area contributed by atoms with Crippen LogP contribution in [0, 0.1) is 0 Å². The fourth-order valence-corrected chi connectivity index (χ4v) is 2.93. The summed E-state index contributed by atoms with van der Waals surface area (Å²) in [5.74, 6) is 0. The summed E-state index contributed by atoms with van der Waals surface area (Å²) in [6.45, 7) is 7.75. The molecule has 21 heavy (non-hydrogen) atoms. The molecule has 0 spiro atoms. The normalized spacial score (nSPS) is 23.1. The second kappa shape index (κ2) is 6.37. The van der Waals surface area contributed by atoms with Crippen LogP contribution in [-0.2, 0) is 6.54 Å². The molecule has 1 aliphatic heterocycles. The lowest BCUT2D eigenvalue weighted by molar-refractivity contribution is 0.139. The Balaban J connectivity index is 1.77. The van der Waals surface area contributed by atoms with Gasteiger partial charge in [0.2, 0.25) is 0 Å². The van der Waals surface area contributed by atoms with Crippen LogP contribution < -0.4 is 5.32 Å². The largest absolute Gasteiger partial charge is 0.311 e. The smallest absolute Gasteiger partial charge is 0.0346 e. The minimum absolute atomic E-state index is 0.572. The second-order valence-electron chi connectivity index (χ2n) is 6.03. The van der Waals surface area contributed by atoms with E-state index in [1.807, 2.05) is 18.5 Å². The number of pyridine rings is 1. The van der Waals surface area contributed by atoms with Crippen LogP contribution in [0.25, 0.3) is 11.1 Å². The van der Waals surface area contributed by atoms with Gasteiger partial charge in [0.25, 0.3) is 0 Å². The highest BCUT2D eigenvalue weighted by molar-refractivity contribution is 5.62. The molecular weight excluding hydrogens is 258 g/mol. The Morgan fingerprint density at radius 2 is 2.05 bits per heavy atom. The van der Waals surface area contributed by atoms with E-state index in [2.05, 4.69) is 59.4 Å². The third kappa shape index (κ3) is 3.49. The van der Waals surface area contributed by atoms with Crippen LogP contribution in [0.1, 0.15) is 19.4 Å². The van der Waals surface area contributed by atoms with Gasteiger partial charge in [-0.3, -0.25) is 9.88 Å². The van der Waals surface area contributed by atoms with Crippen molar-refractivity contribution in [3.63, 3.8) is 0 Å². The molecule has 2 unspecified atom stereocenters. The molecule has 1 aliphatic rings. The third-order valence-corrected chi connectivity index (χ3v) is 4.20. The first-order valence-corrected chi connectivity index (χ1v) is 7.69. The molecule has 3 heteroatoms. The number of nitrogens with zero attached hydrogens (tertiary/aromatic N) is 2. The van der Waals surface area contributed by atoms with Gasteiger partial charge in [-0.25, -0.2) is 0 Å². The van der Waals surface area contributed by atoms with E-state index >= 15 is 0 Å². The summed E-state index contributed by atoms with van der Waals surface area (Å²) in [5, 5.41) is 3.53. The number of rotatable bonds is 3. The summed E-state index contributed by atoms with van der Waals surface area (Å²) in [7, 11) is 0. The first-order chi connectivity index (χ1) is 10.2. The average Bonchev–Trinajstić information content (AvgIpc) is 2.52. The molecule has 2 heterocycles. The number of hydrogen-bond acceptors (Lipinski definition) is 3. The number of benzene rings is 1. The average molecular weight is 281 g/mol. The SMILES string of the molecule is CC1CN(Cc2cccc(-c3cccnc3)c2)C(C)CN1. The van der Waals surface area contributed by atoms with Crippen LogP contribution >= 0.6 is 0 Å². The van der Waals surface area contributed by atoms with Crippen molar-refractivity contribution in [2.45, 2.75) is 32.5 Å². The molecular formula is C18H23N3. The van der Waals surface area contributed by atoms with Crippen molar-refractivity contribution in [3.05, 3.63) is 54.4 Å². The van der Waals surface area contributed by atoms with E-state index in [0.29, 0.717) is 12.1 Å². The van der Waals surface area contributed by atoms with E-state index in [0.717, 1.165) is 19.6 Å². The third-order valence-electron chi connectivity index (χ3n) is 4.20. The topological polar surface area (TPSA) is 28.2 Å². The molecule has 0 saturated carbocycles. The molecule has 1 saturated heterocycles. The van der Waals surface area contributed by atoms with Gasteiger partial charge in [-0.15, -0.1) is 0 Å². The fraction of sp³-hybridized carbons (Fsp3) is 0.389. The summed E-state index contributed by atoms with van der Waals surface area (Å²) in [6, 6.07) is 14.1. The molecule has 1 fully saturated rings. The van der Waals surface area contributed by atoms with Gasteiger partial charge >= 0.3 is 0 Å². The molecule has 0 amide bonds. The van der Waals surface area contributed by atoms with Gasteiger partial charge in [0.15, 0.2) is 0 Å². The Bertz CT molecular complexity index is 582. The standard InChI is InChI=1S/C18H23N3/c1-14-12-21(15(2)10-20-14)13-16-5-3-6-17(9-16)18-7-4-8-19-11-18/h3-9,11,14-15,20H,10,12-13H2,1-2H3. The Hall–Kier alpha value is -1.71. The van der Waals surface area contributed by atoms with E-state index < -0.39 is 0 Å². The van der Waals surface area contributed by atoms with Crippen LogP contribution in [0.3, 0.4) is 0 Å². The predicted molar refractivity (Wildman–Crippen MR) is 87.0 cm³/mol. The van der Waals surface area contributed by atoms with Crippen LogP contribution in [0.2, 0.25) is 0 Å². The van der Waals surface area contributed by atoms with Crippen molar-refractivity contribution in [2.24, 2.45) is 0 Å². The minimum atomic E-state index is 0.572. The summed E-state index contributed by atoms with van der Waals surface area (Å²) >= 11 is 0. The number of hydrogen-bond donors (Lipinski definition) is 1. The first-order valence-electron chi connectivity index (χ1n) is 7.69. The van der Waals surface area contributed by atoms with E-state index in [1.165, 1.54) is 16.7 Å². The van der Waals surface area contributed by atoms with E-state index in [-0.39, 0.29) is 0 Å². The molecule has 3 rings (SSSR count). The monoisotopic (exact) mass is 281 g/mol. The molecule has 2 aromatic rings. The summed E-state index contributed by atoms with van der Waals surface area (Å²) in [5.41, 5.74) is 3.80. The Labute approximate surface area is 127 Å². The van der Waals surface area contributed by atoms with E-state index in [1.54, 1.807) is 0 Å². The van der Waals surface area contributed by atoms with Gasteiger partial charge in [0.05, 0.1) is 0 Å². The van der Waals surface area contributed by atoms with Crippen LogP contribution in [0.4, 0.5) is 0 Å². The maximum absolute atomic E-state index is 4.21. The zero-order chi connectivity index (χ0) is 14.7. The lowest BCUT2D eigenvalue weighted by atomic mass is 10.0. The fourth-order valence-electron chi connectivity index (χ4n) is 2.93. The van der Waals surface area contributed by atoms with Crippen molar-refractivity contribution in [1.29, 1.82) is 0 Å². The van der Waals surface area contributed by atoms with Gasteiger partial charge < -0.3 is 5.32 Å². The van der Waals surface area contributed by atoms with Crippen LogP contribution in [0.15, 0.2) is 48.8 Å². The van der Waals surface area contributed by atoms with Crippen molar-refractivity contribution >= 4 is 0 Å². The number of piperazine rings is 1. The number of nitrogens with one attached hydrogen (secondary N) is 1.